The van der Waals surface area contributed by atoms with Crippen LogP contribution >= 0.6 is 0 Å². The maximum absolute atomic E-state index is 14.5. The van der Waals surface area contributed by atoms with E-state index < -0.39 is 0 Å². The minimum atomic E-state index is -0.291. The van der Waals surface area contributed by atoms with E-state index in [2.05, 4.69) is 47.8 Å². The van der Waals surface area contributed by atoms with Crippen LogP contribution < -0.4 is 0 Å². The van der Waals surface area contributed by atoms with Crippen molar-refractivity contribution in [3.8, 4) is 0 Å². The summed E-state index contributed by atoms with van der Waals surface area (Å²) >= 11 is 0. The summed E-state index contributed by atoms with van der Waals surface area (Å²) in [6.45, 7) is 22.8. The first-order valence-corrected chi connectivity index (χ1v) is 10.7. The van der Waals surface area contributed by atoms with Gasteiger partial charge in [-0.15, -0.1) is 0 Å². The second-order valence-electron chi connectivity index (χ2n) is 9.14. The molecule has 0 aromatic heterocycles. The van der Waals surface area contributed by atoms with Crippen molar-refractivity contribution in [1.29, 1.82) is 0 Å². The zero-order valence-electron chi connectivity index (χ0n) is 18.9. The standard InChI is InChI=1S/C25H43FO/c1-17(2)10-11-18(3)19(4)12-13-20(5)22(7)16-25(26)24(9)21(6)14-15-23(8)27/h16-21H,7,9-15H2,1-6,8H3/b25-16+. The van der Waals surface area contributed by atoms with Gasteiger partial charge in [0.2, 0.25) is 0 Å². The molecule has 0 bridgehead atoms. The average molecular weight is 379 g/mol. The minimum Gasteiger partial charge on any atom is -0.300 e. The van der Waals surface area contributed by atoms with Gasteiger partial charge in [-0.1, -0.05) is 67.5 Å². The maximum atomic E-state index is 14.5. The number of halogens is 1. The lowest BCUT2D eigenvalue weighted by molar-refractivity contribution is -0.117. The summed E-state index contributed by atoms with van der Waals surface area (Å²) in [7, 11) is 0. The fourth-order valence-corrected chi connectivity index (χ4v) is 3.09. The highest BCUT2D eigenvalue weighted by atomic mass is 19.1. The predicted octanol–water partition coefficient (Wildman–Crippen LogP) is 8.08. The van der Waals surface area contributed by atoms with Crippen LogP contribution in [0.15, 0.2) is 36.2 Å². The van der Waals surface area contributed by atoms with E-state index in [1.165, 1.54) is 12.8 Å². The summed E-state index contributed by atoms with van der Waals surface area (Å²) in [5, 5.41) is 0. The Kier molecular flexibility index (Phi) is 12.5. The van der Waals surface area contributed by atoms with Crippen LogP contribution in [0, 0.1) is 29.6 Å². The third-order valence-electron chi connectivity index (χ3n) is 6.00. The summed E-state index contributed by atoms with van der Waals surface area (Å²) < 4.78 is 14.5. The van der Waals surface area contributed by atoms with E-state index in [1.807, 2.05) is 6.92 Å². The molecule has 0 amide bonds. The average Bonchev–Trinajstić information content (AvgIpc) is 2.60. The number of carbonyl (C=O) groups excluding carboxylic acids is 1. The van der Waals surface area contributed by atoms with E-state index in [-0.39, 0.29) is 23.4 Å². The predicted molar refractivity (Wildman–Crippen MR) is 117 cm³/mol. The second kappa shape index (κ2) is 13.1. The molecule has 0 saturated heterocycles. The number of rotatable bonds is 14. The number of carbonyl (C=O) groups is 1. The van der Waals surface area contributed by atoms with Gasteiger partial charge >= 0.3 is 0 Å². The smallest absolute Gasteiger partial charge is 0.129 e. The second-order valence-corrected chi connectivity index (χ2v) is 9.14. The molecular formula is C25H43FO. The first-order valence-electron chi connectivity index (χ1n) is 10.7. The Hall–Kier alpha value is -1.18. The topological polar surface area (TPSA) is 17.1 Å². The summed E-state index contributed by atoms with van der Waals surface area (Å²) in [6, 6.07) is 0. The first-order chi connectivity index (χ1) is 12.5. The van der Waals surface area contributed by atoms with E-state index in [1.54, 1.807) is 13.0 Å². The molecule has 0 aromatic rings. The van der Waals surface area contributed by atoms with Crippen molar-refractivity contribution in [3.05, 3.63) is 36.2 Å². The molecule has 0 fully saturated rings. The highest BCUT2D eigenvalue weighted by Gasteiger charge is 2.17. The summed E-state index contributed by atoms with van der Waals surface area (Å²) in [4.78, 5) is 11.1. The van der Waals surface area contributed by atoms with E-state index in [0.717, 1.165) is 30.3 Å². The molecule has 27 heavy (non-hydrogen) atoms. The van der Waals surface area contributed by atoms with Crippen molar-refractivity contribution in [2.24, 2.45) is 29.6 Å². The van der Waals surface area contributed by atoms with Gasteiger partial charge in [-0.05, 0) is 73.0 Å². The Morgan fingerprint density at radius 2 is 1.37 bits per heavy atom. The van der Waals surface area contributed by atoms with Crippen molar-refractivity contribution in [1.82, 2.24) is 0 Å². The van der Waals surface area contributed by atoms with E-state index >= 15 is 0 Å². The molecule has 0 aliphatic carbocycles. The van der Waals surface area contributed by atoms with E-state index in [0.29, 0.717) is 24.3 Å². The normalized spacial score (nSPS) is 16.7. The van der Waals surface area contributed by atoms with Crippen LogP contribution in [-0.4, -0.2) is 5.78 Å². The van der Waals surface area contributed by atoms with Crippen LogP contribution in [0.5, 0.6) is 0 Å². The van der Waals surface area contributed by atoms with E-state index in [9.17, 15) is 9.18 Å². The van der Waals surface area contributed by atoms with Gasteiger partial charge in [0.1, 0.15) is 11.6 Å². The first kappa shape index (κ1) is 25.8. The number of hydrogen-bond acceptors (Lipinski definition) is 1. The quantitative estimate of drug-likeness (QED) is 0.279. The SMILES string of the molecule is C=C(/C=C(/F)C(=C)C(C)CCC(C)=O)C(C)CCC(C)C(C)CCC(C)C. The van der Waals surface area contributed by atoms with Gasteiger partial charge in [-0.2, -0.15) is 0 Å². The lowest BCUT2D eigenvalue weighted by Gasteiger charge is -2.22. The summed E-state index contributed by atoms with van der Waals surface area (Å²) in [5.41, 5.74) is 1.30. The molecule has 4 unspecified atom stereocenters. The molecule has 1 nitrogen and oxygen atoms in total. The fraction of sp³-hybridized carbons (Fsp3) is 0.720. The molecule has 0 spiro atoms. The zero-order chi connectivity index (χ0) is 21.1. The zero-order valence-corrected chi connectivity index (χ0v) is 18.9. The lowest BCUT2D eigenvalue weighted by Crippen LogP contribution is -2.11. The summed E-state index contributed by atoms with van der Waals surface area (Å²) in [5.74, 6) is 2.23. The molecule has 0 N–H and O–H groups in total. The minimum absolute atomic E-state index is 0.0323. The highest BCUT2D eigenvalue weighted by Crippen LogP contribution is 2.29. The van der Waals surface area contributed by atoms with Crippen molar-refractivity contribution in [2.75, 3.05) is 0 Å². The van der Waals surface area contributed by atoms with Gasteiger partial charge in [0.05, 0.1) is 0 Å². The van der Waals surface area contributed by atoms with Crippen molar-refractivity contribution < 1.29 is 9.18 Å². The Bertz CT molecular complexity index is 514. The fourth-order valence-electron chi connectivity index (χ4n) is 3.09. The number of allylic oxidation sites excluding steroid dienone is 4. The largest absolute Gasteiger partial charge is 0.300 e. The van der Waals surface area contributed by atoms with Crippen LogP contribution in [0.4, 0.5) is 4.39 Å². The van der Waals surface area contributed by atoms with Gasteiger partial charge in [-0.25, -0.2) is 4.39 Å². The molecule has 2 heteroatoms. The van der Waals surface area contributed by atoms with Crippen LogP contribution in [0.25, 0.3) is 0 Å². The molecule has 0 rings (SSSR count). The van der Waals surface area contributed by atoms with Gasteiger partial charge in [0, 0.05) is 6.42 Å². The van der Waals surface area contributed by atoms with Crippen LogP contribution in [0.1, 0.15) is 87.0 Å². The summed E-state index contributed by atoms with van der Waals surface area (Å²) in [6.07, 6.45) is 7.39. The molecule has 0 aliphatic heterocycles. The Morgan fingerprint density at radius 1 is 0.852 bits per heavy atom. The number of hydrogen-bond donors (Lipinski definition) is 0. The van der Waals surface area contributed by atoms with Crippen molar-refractivity contribution in [3.63, 3.8) is 0 Å². The van der Waals surface area contributed by atoms with Gasteiger partial charge in [-0.3, -0.25) is 0 Å². The van der Waals surface area contributed by atoms with Crippen LogP contribution in [-0.2, 0) is 4.79 Å². The number of ketones is 1. The Balaban J connectivity index is 4.51. The molecule has 4 atom stereocenters. The van der Waals surface area contributed by atoms with Crippen molar-refractivity contribution in [2.45, 2.75) is 87.0 Å². The van der Waals surface area contributed by atoms with Crippen molar-refractivity contribution >= 4 is 5.78 Å². The van der Waals surface area contributed by atoms with Crippen LogP contribution in [0.2, 0.25) is 0 Å². The lowest BCUT2D eigenvalue weighted by atomic mass is 9.83. The molecule has 0 radical (unpaired) electrons. The van der Waals surface area contributed by atoms with Gasteiger partial charge in [0.25, 0.3) is 0 Å². The Labute approximate surface area is 168 Å². The van der Waals surface area contributed by atoms with E-state index in [4.69, 9.17) is 0 Å². The molecule has 0 saturated carbocycles. The maximum Gasteiger partial charge on any atom is 0.129 e. The molecule has 156 valence electrons. The molecule has 0 heterocycles. The van der Waals surface area contributed by atoms with Crippen LogP contribution in [0.3, 0.4) is 0 Å². The highest BCUT2D eigenvalue weighted by molar-refractivity contribution is 5.75. The molecular weight excluding hydrogens is 335 g/mol. The van der Waals surface area contributed by atoms with Gasteiger partial charge < -0.3 is 4.79 Å². The molecule has 0 aliphatic rings. The Morgan fingerprint density at radius 3 is 1.85 bits per heavy atom. The van der Waals surface area contributed by atoms with Gasteiger partial charge in [0.15, 0.2) is 0 Å². The number of Topliss-reactive ketones (excluding diaryl/α,β-unsaturated/α-hetero) is 1. The third kappa shape index (κ3) is 11.3. The molecule has 0 aromatic carbocycles. The third-order valence-corrected chi connectivity index (χ3v) is 6.00. The monoisotopic (exact) mass is 378 g/mol.